The van der Waals surface area contributed by atoms with Crippen LogP contribution in [0.25, 0.3) is 10.9 Å². The van der Waals surface area contributed by atoms with E-state index >= 15 is 0 Å². The van der Waals surface area contributed by atoms with Crippen molar-refractivity contribution in [2.75, 3.05) is 19.7 Å². The molecule has 9 heteroatoms. The minimum absolute atomic E-state index is 0. The van der Waals surface area contributed by atoms with Crippen molar-refractivity contribution >= 4 is 29.2 Å². The van der Waals surface area contributed by atoms with Crippen molar-refractivity contribution in [2.24, 2.45) is 0 Å². The predicted octanol–water partition coefficient (Wildman–Crippen LogP) is 5.14. The number of nitrogens with zero attached hydrogens (tertiary/aromatic N) is 3. The molecule has 0 radical (unpaired) electrons. The second kappa shape index (κ2) is 9.40. The number of rotatable bonds is 6. The molecule has 1 fully saturated rings. The van der Waals surface area contributed by atoms with Crippen LogP contribution in [0.5, 0.6) is 5.88 Å². The Kier molecular flexibility index (Phi) is 7.03. The van der Waals surface area contributed by atoms with E-state index in [-0.39, 0.29) is 18.3 Å². The van der Waals surface area contributed by atoms with E-state index in [1.165, 1.54) is 12.1 Å². The van der Waals surface area contributed by atoms with Crippen molar-refractivity contribution in [1.82, 2.24) is 14.5 Å². The molecule has 0 bridgehead atoms. The summed E-state index contributed by atoms with van der Waals surface area (Å²) in [6.45, 7) is 5.99. The largest absolute Gasteiger partial charge is 0.474 e. The molecule has 2 aromatic heterocycles. The molecule has 5 nitrogen and oxygen atoms in total. The van der Waals surface area contributed by atoms with Crippen molar-refractivity contribution in [3.8, 4) is 5.88 Å². The summed E-state index contributed by atoms with van der Waals surface area (Å²) >= 11 is 0. The third-order valence-electron chi connectivity index (χ3n) is 5.91. The zero-order chi connectivity index (χ0) is 22.2. The van der Waals surface area contributed by atoms with Crippen LogP contribution in [0.1, 0.15) is 35.2 Å². The summed E-state index contributed by atoms with van der Waals surface area (Å²) in [5, 5.41) is 0.992. The van der Waals surface area contributed by atoms with Gasteiger partial charge in [0.25, 0.3) is 0 Å². The van der Waals surface area contributed by atoms with Crippen molar-refractivity contribution in [3.05, 3.63) is 58.9 Å². The number of ether oxygens (including phenoxy) is 1. The van der Waals surface area contributed by atoms with Crippen LogP contribution < -0.4 is 4.74 Å². The summed E-state index contributed by atoms with van der Waals surface area (Å²) in [4.78, 5) is 18.0. The first-order valence-corrected chi connectivity index (χ1v) is 10.3. The van der Waals surface area contributed by atoms with E-state index in [0.717, 1.165) is 52.8 Å². The lowest BCUT2D eigenvalue weighted by molar-refractivity contribution is -0.137. The average Bonchev–Trinajstić information content (AvgIpc) is 3.25. The molecule has 1 aliphatic heterocycles. The molecule has 1 amide bonds. The van der Waals surface area contributed by atoms with Crippen molar-refractivity contribution in [2.45, 2.75) is 39.4 Å². The van der Waals surface area contributed by atoms with Gasteiger partial charge in [0.2, 0.25) is 11.8 Å². The van der Waals surface area contributed by atoms with Gasteiger partial charge in [-0.25, -0.2) is 4.98 Å². The fraction of sp³-hybridized carbons (Fsp3) is 0.391. The van der Waals surface area contributed by atoms with Gasteiger partial charge in [0.1, 0.15) is 12.1 Å². The first-order valence-electron chi connectivity index (χ1n) is 10.3. The van der Waals surface area contributed by atoms with Crippen LogP contribution in [0.4, 0.5) is 13.2 Å². The van der Waals surface area contributed by atoms with Gasteiger partial charge in [-0.05, 0) is 49.6 Å². The maximum absolute atomic E-state index is 12.9. The van der Waals surface area contributed by atoms with Crippen LogP contribution in [0.15, 0.2) is 36.5 Å². The average molecular weight is 468 g/mol. The lowest BCUT2D eigenvalue weighted by atomic mass is 10.1. The number of alkyl halides is 3. The standard InChI is InChI=1S/C23H24F3N3O2.ClH/c1-15-16(2)29(14-17-5-7-18(8-6-17)23(24,25)26)21-19(15)9-10-27-22(21)31-13-12-28-11-3-4-20(28)30;/h5-10H,3-4,11-14H2,1-2H3;1H. The van der Waals surface area contributed by atoms with Crippen molar-refractivity contribution in [3.63, 3.8) is 0 Å². The van der Waals surface area contributed by atoms with E-state index in [0.29, 0.717) is 32.0 Å². The van der Waals surface area contributed by atoms with Gasteiger partial charge in [-0.1, -0.05) is 12.1 Å². The van der Waals surface area contributed by atoms with E-state index in [4.69, 9.17) is 4.74 Å². The maximum atomic E-state index is 12.9. The van der Waals surface area contributed by atoms with Gasteiger partial charge >= 0.3 is 6.18 Å². The van der Waals surface area contributed by atoms with E-state index in [1.807, 2.05) is 24.5 Å². The second-order valence-electron chi connectivity index (χ2n) is 7.84. The topological polar surface area (TPSA) is 47.4 Å². The fourth-order valence-corrected chi connectivity index (χ4v) is 4.04. The van der Waals surface area contributed by atoms with Crippen LogP contribution in [0, 0.1) is 13.8 Å². The molecule has 4 rings (SSSR count). The number of amides is 1. The second-order valence-corrected chi connectivity index (χ2v) is 7.84. The highest BCUT2D eigenvalue weighted by molar-refractivity contribution is 5.89. The Balaban J connectivity index is 0.00000289. The van der Waals surface area contributed by atoms with Gasteiger partial charge in [-0.3, -0.25) is 4.79 Å². The predicted molar refractivity (Wildman–Crippen MR) is 118 cm³/mol. The molecule has 0 aliphatic carbocycles. The monoisotopic (exact) mass is 467 g/mol. The minimum Gasteiger partial charge on any atom is -0.474 e. The number of pyridine rings is 1. The Morgan fingerprint density at radius 3 is 2.47 bits per heavy atom. The number of hydrogen-bond acceptors (Lipinski definition) is 3. The molecule has 3 heterocycles. The summed E-state index contributed by atoms with van der Waals surface area (Å²) in [6.07, 6.45) is -1.20. The van der Waals surface area contributed by atoms with Crippen molar-refractivity contribution in [1.29, 1.82) is 0 Å². The van der Waals surface area contributed by atoms with E-state index in [1.54, 1.807) is 11.1 Å². The minimum atomic E-state index is -4.35. The maximum Gasteiger partial charge on any atom is 0.416 e. The van der Waals surface area contributed by atoms with E-state index < -0.39 is 11.7 Å². The molecule has 0 atom stereocenters. The molecule has 0 saturated carbocycles. The number of halogens is 4. The zero-order valence-electron chi connectivity index (χ0n) is 17.9. The first kappa shape index (κ1) is 23.9. The number of aryl methyl sites for hydroxylation is 1. The van der Waals surface area contributed by atoms with Crippen molar-refractivity contribution < 1.29 is 22.7 Å². The normalized spacial score (nSPS) is 14.2. The SMILES string of the molecule is Cc1c(C)n(Cc2ccc(C(F)(F)F)cc2)c2c(OCCN3CCCC3=O)nccc12.Cl. The number of benzene rings is 1. The zero-order valence-corrected chi connectivity index (χ0v) is 18.7. The summed E-state index contributed by atoms with van der Waals surface area (Å²) in [7, 11) is 0. The number of likely N-dealkylation sites (tertiary alicyclic amines) is 1. The summed E-state index contributed by atoms with van der Waals surface area (Å²) < 4.78 is 46.6. The highest BCUT2D eigenvalue weighted by Gasteiger charge is 2.30. The van der Waals surface area contributed by atoms with Gasteiger partial charge in [0, 0.05) is 36.8 Å². The summed E-state index contributed by atoms with van der Waals surface area (Å²) in [5.74, 6) is 0.611. The smallest absolute Gasteiger partial charge is 0.416 e. The molecule has 1 aliphatic rings. The molecule has 32 heavy (non-hydrogen) atoms. The van der Waals surface area contributed by atoms with Crippen LogP contribution in [-0.2, 0) is 17.5 Å². The Labute approximate surface area is 190 Å². The molecular formula is C23H25ClF3N3O2. The third kappa shape index (κ3) is 4.70. The third-order valence-corrected chi connectivity index (χ3v) is 5.91. The van der Waals surface area contributed by atoms with Gasteiger partial charge < -0.3 is 14.2 Å². The molecule has 172 valence electrons. The highest BCUT2D eigenvalue weighted by Crippen LogP contribution is 2.33. The van der Waals surface area contributed by atoms with Gasteiger partial charge in [0.15, 0.2) is 0 Å². The number of carbonyl (C=O) groups is 1. The molecule has 1 saturated heterocycles. The Morgan fingerprint density at radius 1 is 1.12 bits per heavy atom. The number of carbonyl (C=O) groups excluding carboxylic acids is 1. The van der Waals surface area contributed by atoms with Crippen LogP contribution >= 0.6 is 12.4 Å². The van der Waals surface area contributed by atoms with Crippen LogP contribution in [-0.4, -0.2) is 40.1 Å². The number of fused-ring (bicyclic) bond motifs is 1. The van der Waals surface area contributed by atoms with Gasteiger partial charge in [-0.15, -0.1) is 12.4 Å². The van der Waals surface area contributed by atoms with Crippen LogP contribution in [0.2, 0.25) is 0 Å². The van der Waals surface area contributed by atoms with Gasteiger partial charge in [-0.2, -0.15) is 13.2 Å². The lowest BCUT2D eigenvalue weighted by Gasteiger charge is -2.16. The molecule has 3 aromatic rings. The fourth-order valence-electron chi connectivity index (χ4n) is 4.04. The number of hydrogen-bond donors (Lipinski definition) is 0. The molecular weight excluding hydrogens is 443 g/mol. The quantitative estimate of drug-likeness (QED) is 0.504. The van der Waals surface area contributed by atoms with E-state index in [9.17, 15) is 18.0 Å². The van der Waals surface area contributed by atoms with Crippen LogP contribution in [0.3, 0.4) is 0 Å². The number of aromatic nitrogens is 2. The summed E-state index contributed by atoms with van der Waals surface area (Å²) in [5.41, 5.74) is 2.98. The summed E-state index contributed by atoms with van der Waals surface area (Å²) in [6, 6.07) is 7.12. The highest BCUT2D eigenvalue weighted by atomic mass is 35.5. The Bertz CT molecular complexity index is 1110. The van der Waals surface area contributed by atoms with Gasteiger partial charge in [0.05, 0.1) is 12.1 Å². The molecule has 1 aromatic carbocycles. The Morgan fingerprint density at radius 2 is 1.84 bits per heavy atom. The molecule has 0 spiro atoms. The first-order chi connectivity index (χ1) is 14.8. The van der Waals surface area contributed by atoms with E-state index in [2.05, 4.69) is 4.98 Å². The molecule has 0 N–H and O–H groups in total. The lowest BCUT2D eigenvalue weighted by Crippen LogP contribution is -2.29. The molecule has 0 unspecified atom stereocenters. The Hall–Kier alpha value is -2.74.